The molecule has 0 bridgehead atoms. The fourth-order valence-electron chi connectivity index (χ4n) is 2.79. The van der Waals surface area contributed by atoms with Crippen LogP contribution in [0.3, 0.4) is 0 Å². The molecule has 1 N–H and O–H groups in total. The number of sulfonamides is 1. The molecule has 3 aromatic rings. The van der Waals surface area contributed by atoms with E-state index in [1.807, 2.05) is 37.3 Å². The van der Waals surface area contributed by atoms with E-state index in [0.717, 1.165) is 22.3 Å². The number of hydrogen-bond donors (Lipinski definition) is 1. The number of nitrogens with zero attached hydrogens (tertiary/aromatic N) is 2. The zero-order chi connectivity index (χ0) is 19.8. The van der Waals surface area contributed by atoms with Crippen molar-refractivity contribution in [1.82, 2.24) is 4.98 Å². The number of hydrogen-bond acceptors (Lipinski definition) is 4. The Morgan fingerprint density at radius 1 is 1.11 bits per heavy atom. The van der Waals surface area contributed by atoms with Crippen molar-refractivity contribution in [2.24, 2.45) is 0 Å². The second-order valence-electron chi connectivity index (χ2n) is 6.32. The van der Waals surface area contributed by atoms with Gasteiger partial charge in [-0.2, -0.15) is 0 Å². The minimum Gasteiger partial charge on any atom is -0.380 e. The van der Waals surface area contributed by atoms with E-state index in [1.165, 1.54) is 17.6 Å². The van der Waals surface area contributed by atoms with Crippen molar-refractivity contribution >= 4 is 55.5 Å². The highest BCUT2D eigenvalue weighted by molar-refractivity contribution is 7.92. The van der Waals surface area contributed by atoms with Crippen LogP contribution in [0.2, 0.25) is 10.0 Å². The topological polar surface area (TPSA) is 62.3 Å². The first-order chi connectivity index (χ1) is 12.7. The number of aromatic nitrogens is 1. The summed E-state index contributed by atoms with van der Waals surface area (Å²) in [5, 5.41) is 5.24. The minimum absolute atomic E-state index is 0.504. The number of anilines is 2. The van der Waals surface area contributed by atoms with E-state index in [1.54, 1.807) is 12.1 Å². The van der Waals surface area contributed by atoms with Gasteiger partial charge in [0.05, 0.1) is 27.5 Å². The van der Waals surface area contributed by atoms with Gasteiger partial charge in [0, 0.05) is 30.4 Å². The van der Waals surface area contributed by atoms with Crippen LogP contribution in [0.15, 0.2) is 42.5 Å². The standard InChI is InChI=1S/C19H19Cl2N3O2S/c1-12-9-17(22-11-13-7-8-15(20)16(21)10-13)14-5-4-6-18(19(14)23-12)24(2)27(3,25)26/h4-10H,11H2,1-3H3,(H,22,23). The molecule has 1 heterocycles. The molecule has 142 valence electrons. The van der Waals surface area contributed by atoms with E-state index in [4.69, 9.17) is 23.2 Å². The van der Waals surface area contributed by atoms with Gasteiger partial charge in [0.25, 0.3) is 0 Å². The summed E-state index contributed by atoms with van der Waals surface area (Å²) < 4.78 is 25.2. The van der Waals surface area contributed by atoms with E-state index in [2.05, 4.69) is 10.3 Å². The van der Waals surface area contributed by atoms with Crippen LogP contribution in [0.4, 0.5) is 11.4 Å². The molecule has 5 nitrogen and oxygen atoms in total. The molecular weight excluding hydrogens is 405 g/mol. The minimum atomic E-state index is -3.39. The summed E-state index contributed by atoms with van der Waals surface area (Å²) in [5.41, 5.74) is 3.80. The van der Waals surface area contributed by atoms with Crippen molar-refractivity contribution in [2.75, 3.05) is 22.9 Å². The lowest BCUT2D eigenvalue weighted by Crippen LogP contribution is -2.25. The zero-order valence-electron chi connectivity index (χ0n) is 15.1. The normalized spacial score (nSPS) is 11.6. The van der Waals surface area contributed by atoms with Gasteiger partial charge in [0.2, 0.25) is 10.0 Å². The summed E-state index contributed by atoms with van der Waals surface area (Å²) >= 11 is 12.0. The van der Waals surface area contributed by atoms with Crippen LogP contribution in [0.5, 0.6) is 0 Å². The molecule has 0 aliphatic heterocycles. The summed E-state index contributed by atoms with van der Waals surface area (Å²) in [4.78, 5) is 4.57. The molecule has 27 heavy (non-hydrogen) atoms. The first-order valence-corrected chi connectivity index (χ1v) is 10.8. The van der Waals surface area contributed by atoms with Crippen LogP contribution in [0, 0.1) is 6.92 Å². The highest BCUT2D eigenvalue weighted by atomic mass is 35.5. The third-order valence-electron chi connectivity index (χ3n) is 4.25. The first-order valence-electron chi connectivity index (χ1n) is 8.19. The van der Waals surface area contributed by atoms with Crippen molar-refractivity contribution in [3.63, 3.8) is 0 Å². The average Bonchev–Trinajstić information content (AvgIpc) is 2.60. The predicted octanol–water partition coefficient (Wildman–Crippen LogP) is 4.86. The van der Waals surface area contributed by atoms with Crippen molar-refractivity contribution in [3.8, 4) is 0 Å². The molecule has 1 aromatic heterocycles. The van der Waals surface area contributed by atoms with Crippen LogP contribution >= 0.6 is 23.2 Å². The number of benzene rings is 2. The molecule has 0 aliphatic carbocycles. The summed E-state index contributed by atoms with van der Waals surface area (Å²) in [7, 11) is -1.87. The molecule has 0 unspecified atom stereocenters. The van der Waals surface area contributed by atoms with Crippen LogP contribution in [0.1, 0.15) is 11.3 Å². The molecular formula is C19H19Cl2N3O2S. The van der Waals surface area contributed by atoms with Crippen molar-refractivity contribution < 1.29 is 8.42 Å². The summed E-state index contributed by atoms with van der Waals surface area (Å²) in [6.07, 6.45) is 1.17. The predicted molar refractivity (Wildman–Crippen MR) is 114 cm³/mol. The Morgan fingerprint density at radius 3 is 2.52 bits per heavy atom. The second kappa shape index (κ2) is 7.54. The van der Waals surface area contributed by atoms with E-state index in [9.17, 15) is 8.42 Å². The first kappa shape index (κ1) is 19.7. The Labute approximate surface area is 169 Å². The number of aryl methyl sites for hydroxylation is 1. The van der Waals surface area contributed by atoms with Gasteiger partial charge in [0.1, 0.15) is 0 Å². The fraction of sp³-hybridized carbons (Fsp3) is 0.211. The molecule has 0 radical (unpaired) electrons. The lowest BCUT2D eigenvalue weighted by molar-refractivity contribution is 0.600. The van der Waals surface area contributed by atoms with Gasteiger partial charge in [-0.25, -0.2) is 8.42 Å². The molecule has 0 aliphatic rings. The zero-order valence-corrected chi connectivity index (χ0v) is 17.5. The monoisotopic (exact) mass is 423 g/mol. The summed E-state index contributed by atoms with van der Waals surface area (Å²) in [6.45, 7) is 2.42. The molecule has 0 atom stereocenters. The number of fused-ring (bicyclic) bond motifs is 1. The molecule has 8 heteroatoms. The molecule has 0 fully saturated rings. The SMILES string of the molecule is Cc1cc(NCc2ccc(Cl)c(Cl)c2)c2cccc(N(C)S(C)(=O)=O)c2n1. The van der Waals surface area contributed by atoms with Crippen molar-refractivity contribution in [2.45, 2.75) is 13.5 Å². The Kier molecular flexibility index (Phi) is 5.51. The van der Waals surface area contributed by atoms with Gasteiger partial charge >= 0.3 is 0 Å². The van der Waals surface area contributed by atoms with Crippen LogP contribution in [-0.2, 0) is 16.6 Å². The van der Waals surface area contributed by atoms with E-state index in [0.29, 0.717) is 27.8 Å². The van der Waals surface area contributed by atoms with E-state index < -0.39 is 10.0 Å². The number of pyridine rings is 1. The second-order valence-corrected chi connectivity index (χ2v) is 9.15. The number of halogens is 2. The Bertz CT molecular complexity index is 1120. The third-order valence-corrected chi connectivity index (χ3v) is 6.18. The van der Waals surface area contributed by atoms with Crippen molar-refractivity contribution in [1.29, 1.82) is 0 Å². The Morgan fingerprint density at radius 2 is 1.85 bits per heavy atom. The summed E-state index contributed by atoms with van der Waals surface area (Å²) in [6, 6.07) is 12.9. The maximum absolute atomic E-state index is 12.0. The number of nitrogens with one attached hydrogen (secondary N) is 1. The maximum atomic E-state index is 12.0. The summed E-state index contributed by atoms with van der Waals surface area (Å²) in [5.74, 6) is 0. The largest absolute Gasteiger partial charge is 0.380 e. The van der Waals surface area contributed by atoms with E-state index >= 15 is 0 Å². The molecule has 0 spiro atoms. The fourth-order valence-corrected chi connectivity index (χ4v) is 3.61. The molecule has 0 saturated heterocycles. The number of para-hydroxylation sites is 1. The highest BCUT2D eigenvalue weighted by Gasteiger charge is 2.17. The quantitative estimate of drug-likeness (QED) is 0.636. The molecule has 2 aromatic carbocycles. The lowest BCUT2D eigenvalue weighted by Gasteiger charge is -2.20. The maximum Gasteiger partial charge on any atom is 0.232 e. The average molecular weight is 424 g/mol. The van der Waals surface area contributed by atoms with Gasteiger partial charge in [0.15, 0.2) is 0 Å². The van der Waals surface area contributed by atoms with Crippen LogP contribution in [-0.4, -0.2) is 26.7 Å². The van der Waals surface area contributed by atoms with E-state index in [-0.39, 0.29) is 0 Å². The number of rotatable bonds is 5. The van der Waals surface area contributed by atoms with Gasteiger partial charge < -0.3 is 5.32 Å². The van der Waals surface area contributed by atoms with Gasteiger partial charge in [-0.1, -0.05) is 41.4 Å². The Balaban J connectivity index is 2.02. The lowest BCUT2D eigenvalue weighted by atomic mass is 10.1. The molecule has 3 rings (SSSR count). The molecule has 0 amide bonds. The highest BCUT2D eigenvalue weighted by Crippen LogP contribution is 2.32. The van der Waals surface area contributed by atoms with Crippen LogP contribution in [0.25, 0.3) is 10.9 Å². The van der Waals surface area contributed by atoms with Gasteiger partial charge in [-0.3, -0.25) is 9.29 Å². The van der Waals surface area contributed by atoms with Gasteiger partial charge in [-0.05, 0) is 36.8 Å². The Hall–Kier alpha value is -2.02. The van der Waals surface area contributed by atoms with Gasteiger partial charge in [-0.15, -0.1) is 0 Å². The third kappa shape index (κ3) is 4.29. The smallest absolute Gasteiger partial charge is 0.232 e. The van der Waals surface area contributed by atoms with Crippen LogP contribution < -0.4 is 9.62 Å². The van der Waals surface area contributed by atoms with Crippen molar-refractivity contribution in [3.05, 3.63) is 63.8 Å². The molecule has 0 saturated carbocycles.